The average Bonchev–Trinajstić information content (AvgIpc) is 2.84. The number of rotatable bonds is 5. The average molecular weight is 238 g/mol. The Morgan fingerprint density at radius 1 is 1.44 bits per heavy atom. The fraction of sp³-hybridized carbons (Fsp3) is 0.500. The maximum atomic E-state index is 4.66. The molecule has 0 bridgehead atoms. The van der Waals surface area contributed by atoms with Gasteiger partial charge < -0.3 is 9.84 Å². The number of hydrogen-bond donors (Lipinski definition) is 1. The van der Waals surface area contributed by atoms with Crippen LogP contribution in [-0.2, 0) is 13.0 Å². The summed E-state index contributed by atoms with van der Waals surface area (Å²) in [4.78, 5) is 9.63. The molecule has 0 saturated carbocycles. The first-order valence-corrected chi connectivity index (χ1v) is 5.96. The topological polar surface area (TPSA) is 63.8 Å². The lowest BCUT2D eigenvalue weighted by molar-refractivity contribution is 0.409. The second-order valence-corrected chi connectivity index (χ2v) is 4.80. The van der Waals surface area contributed by atoms with E-state index in [9.17, 15) is 0 Å². The van der Waals surface area contributed by atoms with Crippen LogP contribution in [0.3, 0.4) is 0 Å². The van der Waals surface area contributed by atoms with Gasteiger partial charge in [-0.1, -0.05) is 5.16 Å². The molecule has 0 amide bonds. The van der Waals surface area contributed by atoms with E-state index in [0.717, 1.165) is 36.0 Å². The summed E-state index contributed by atoms with van der Waals surface area (Å²) in [6.07, 6.45) is 2.14. The maximum absolute atomic E-state index is 4.66. The van der Waals surface area contributed by atoms with Crippen molar-refractivity contribution in [3.63, 3.8) is 0 Å². The van der Waals surface area contributed by atoms with E-state index in [-0.39, 0.29) is 0 Å². The highest BCUT2D eigenvalue weighted by Crippen LogP contribution is 2.16. The monoisotopic (exact) mass is 238 g/mol. The standard InChI is InChI=1S/C10H14N4OS/c1-7-9(16-8(2)13-7)5-11-4-3-10-12-6-15-14-10/h6,11H,3-5H2,1-2H3. The summed E-state index contributed by atoms with van der Waals surface area (Å²) in [7, 11) is 0. The molecule has 0 aromatic carbocycles. The molecule has 16 heavy (non-hydrogen) atoms. The molecule has 2 aromatic heterocycles. The zero-order valence-corrected chi connectivity index (χ0v) is 10.2. The molecule has 1 N–H and O–H groups in total. The minimum absolute atomic E-state index is 0.740. The minimum Gasteiger partial charge on any atom is -0.343 e. The Morgan fingerprint density at radius 3 is 2.94 bits per heavy atom. The summed E-state index contributed by atoms with van der Waals surface area (Å²) in [5, 5.41) is 8.21. The first kappa shape index (κ1) is 11.2. The third kappa shape index (κ3) is 2.86. The van der Waals surface area contributed by atoms with Crippen LogP contribution in [-0.4, -0.2) is 21.7 Å². The Hall–Kier alpha value is -1.27. The Labute approximate surface area is 97.9 Å². The molecule has 5 nitrogen and oxygen atoms in total. The van der Waals surface area contributed by atoms with Gasteiger partial charge in [-0.15, -0.1) is 11.3 Å². The number of thiazole rings is 1. The van der Waals surface area contributed by atoms with E-state index < -0.39 is 0 Å². The zero-order chi connectivity index (χ0) is 11.4. The largest absolute Gasteiger partial charge is 0.343 e. The van der Waals surface area contributed by atoms with Crippen molar-refractivity contribution in [1.29, 1.82) is 0 Å². The highest BCUT2D eigenvalue weighted by molar-refractivity contribution is 7.11. The Balaban J connectivity index is 1.74. The van der Waals surface area contributed by atoms with Crippen molar-refractivity contribution in [3.8, 4) is 0 Å². The number of nitrogens with one attached hydrogen (secondary N) is 1. The van der Waals surface area contributed by atoms with Crippen LogP contribution in [0, 0.1) is 13.8 Å². The fourth-order valence-corrected chi connectivity index (χ4v) is 2.35. The molecule has 0 radical (unpaired) electrons. The molecule has 6 heteroatoms. The van der Waals surface area contributed by atoms with Crippen LogP contribution in [0.5, 0.6) is 0 Å². The molecular weight excluding hydrogens is 224 g/mol. The van der Waals surface area contributed by atoms with Gasteiger partial charge in [-0.3, -0.25) is 0 Å². The van der Waals surface area contributed by atoms with Crippen molar-refractivity contribution in [1.82, 2.24) is 20.4 Å². The van der Waals surface area contributed by atoms with Gasteiger partial charge in [0.05, 0.1) is 10.7 Å². The van der Waals surface area contributed by atoms with Crippen molar-refractivity contribution < 1.29 is 4.52 Å². The molecule has 0 aliphatic carbocycles. The van der Waals surface area contributed by atoms with Gasteiger partial charge in [0.25, 0.3) is 0 Å². The molecule has 2 aromatic rings. The van der Waals surface area contributed by atoms with Crippen molar-refractivity contribution in [2.75, 3.05) is 6.54 Å². The Morgan fingerprint density at radius 2 is 2.31 bits per heavy atom. The van der Waals surface area contributed by atoms with Crippen LogP contribution in [0.4, 0.5) is 0 Å². The molecule has 0 aliphatic heterocycles. The fourth-order valence-electron chi connectivity index (χ4n) is 1.44. The molecule has 86 valence electrons. The summed E-state index contributed by atoms with van der Waals surface area (Å²) in [5.41, 5.74) is 1.12. The zero-order valence-electron chi connectivity index (χ0n) is 9.36. The lowest BCUT2D eigenvalue weighted by atomic mass is 10.3. The number of aryl methyl sites for hydroxylation is 2. The SMILES string of the molecule is Cc1nc(C)c(CNCCc2ncon2)s1. The van der Waals surface area contributed by atoms with Gasteiger partial charge in [-0.05, 0) is 13.8 Å². The molecule has 0 atom stereocenters. The molecule has 0 fully saturated rings. The van der Waals surface area contributed by atoms with E-state index in [1.165, 1.54) is 11.3 Å². The lowest BCUT2D eigenvalue weighted by Crippen LogP contribution is -2.17. The first-order chi connectivity index (χ1) is 7.75. The third-order valence-corrected chi connectivity index (χ3v) is 3.29. The summed E-state index contributed by atoms with van der Waals surface area (Å²) in [5.74, 6) is 0.740. The molecule has 0 saturated heterocycles. The van der Waals surface area contributed by atoms with E-state index in [1.807, 2.05) is 13.8 Å². The summed E-state index contributed by atoms with van der Waals surface area (Å²) >= 11 is 1.74. The van der Waals surface area contributed by atoms with Crippen molar-refractivity contribution >= 4 is 11.3 Å². The van der Waals surface area contributed by atoms with Crippen LogP contribution in [0.15, 0.2) is 10.9 Å². The summed E-state index contributed by atoms with van der Waals surface area (Å²) in [6.45, 7) is 5.77. The van der Waals surface area contributed by atoms with Crippen LogP contribution >= 0.6 is 11.3 Å². The third-order valence-electron chi connectivity index (χ3n) is 2.22. The first-order valence-electron chi connectivity index (χ1n) is 5.14. The predicted octanol–water partition coefficient (Wildman–Crippen LogP) is 1.48. The van der Waals surface area contributed by atoms with Gasteiger partial charge in [0.15, 0.2) is 5.82 Å². The lowest BCUT2D eigenvalue weighted by Gasteiger charge is -2.00. The van der Waals surface area contributed by atoms with E-state index in [4.69, 9.17) is 0 Å². The number of nitrogens with zero attached hydrogens (tertiary/aromatic N) is 3. The second kappa shape index (κ2) is 5.18. The van der Waals surface area contributed by atoms with E-state index in [1.54, 1.807) is 11.3 Å². The summed E-state index contributed by atoms with van der Waals surface area (Å²) in [6, 6.07) is 0. The van der Waals surface area contributed by atoms with E-state index in [2.05, 4.69) is 25.0 Å². The van der Waals surface area contributed by atoms with Crippen molar-refractivity contribution in [2.24, 2.45) is 0 Å². The predicted molar refractivity (Wildman–Crippen MR) is 61.3 cm³/mol. The highest BCUT2D eigenvalue weighted by Gasteiger charge is 2.04. The van der Waals surface area contributed by atoms with Crippen LogP contribution in [0.1, 0.15) is 21.4 Å². The van der Waals surface area contributed by atoms with Gasteiger partial charge in [-0.25, -0.2) is 4.98 Å². The highest BCUT2D eigenvalue weighted by atomic mass is 32.1. The van der Waals surface area contributed by atoms with Crippen LogP contribution < -0.4 is 5.32 Å². The molecule has 0 unspecified atom stereocenters. The van der Waals surface area contributed by atoms with Gasteiger partial charge >= 0.3 is 0 Å². The van der Waals surface area contributed by atoms with Gasteiger partial charge in [0.1, 0.15) is 0 Å². The smallest absolute Gasteiger partial charge is 0.213 e. The minimum atomic E-state index is 0.740. The Kier molecular flexibility index (Phi) is 3.63. The van der Waals surface area contributed by atoms with E-state index >= 15 is 0 Å². The van der Waals surface area contributed by atoms with Crippen LogP contribution in [0.2, 0.25) is 0 Å². The second-order valence-electron chi connectivity index (χ2n) is 3.52. The quantitative estimate of drug-likeness (QED) is 0.799. The van der Waals surface area contributed by atoms with Crippen molar-refractivity contribution in [2.45, 2.75) is 26.8 Å². The summed E-state index contributed by atoms with van der Waals surface area (Å²) < 4.78 is 4.66. The van der Waals surface area contributed by atoms with Crippen LogP contribution in [0.25, 0.3) is 0 Å². The molecule has 2 rings (SSSR count). The van der Waals surface area contributed by atoms with E-state index in [0.29, 0.717) is 0 Å². The number of hydrogen-bond acceptors (Lipinski definition) is 6. The van der Waals surface area contributed by atoms with Gasteiger partial charge in [0.2, 0.25) is 6.39 Å². The normalized spacial score (nSPS) is 10.9. The molecule has 0 spiro atoms. The molecule has 2 heterocycles. The van der Waals surface area contributed by atoms with Gasteiger partial charge in [0, 0.05) is 24.4 Å². The Bertz CT molecular complexity index is 438. The molecule has 0 aliphatic rings. The van der Waals surface area contributed by atoms with Crippen molar-refractivity contribution in [3.05, 3.63) is 27.8 Å². The van der Waals surface area contributed by atoms with Gasteiger partial charge in [-0.2, -0.15) is 4.98 Å². The maximum Gasteiger partial charge on any atom is 0.213 e. The number of aromatic nitrogens is 3. The molecular formula is C10H14N4OS.